The van der Waals surface area contributed by atoms with Crippen LogP contribution in [0.2, 0.25) is 0 Å². The average molecular weight is 233 g/mol. The molecule has 0 fully saturated rings. The van der Waals surface area contributed by atoms with E-state index in [0.29, 0.717) is 0 Å². The Bertz CT molecular complexity index is 337. The fraction of sp³-hybridized carbons (Fsp3) is 0.125. The van der Waals surface area contributed by atoms with Crippen LogP contribution in [0.3, 0.4) is 0 Å². The Morgan fingerprint density at radius 1 is 1.36 bits per heavy atom. The van der Waals surface area contributed by atoms with E-state index in [1.807, 2.05) is 24.3 Å². The lowest BCUT2D eigenvalue weighted by Crippen LogP contribution is -1.95. The van der Waals surface area contributed by atoms with Crippen LogP contribution in [0, 0.1) is 0 Å². The highest BCUT2D eigenvalue weighted by Crippen LogP contribution is 2.13. The second-order valence-electron chi connectivity index (χ2n) is 2.46. The molecular formula is C8H9BrOS. The summed E-state index contributed by atoms with van der Waals surface area (Å²) in [5.74, 6) is 3.58. The Morgan fingerprint density at radius 3 is 2.18 bits per heavy atom. The van der Waals surface area contributed by atoms with Crippen LogP contribution in [-0.2, 0) is 9.52 Å². The SMILES string of the molecule is C=S(C)(=O)c1ccc(Br)cc1. The molecule has 3 heteroatoms. The van der Waals surface area contributed by atoms with Crippen molar-refractivity contribution in [3.63, 3.8) is 0 Å². The predicted octanol–water partition coefficient (Wildman–Crippen LogP) is 2.15. The molecule has 0 amide bonds. The molecule has 0 aromatic heterocycles. The Kier molecular flexibility index (Phi) is 2.40. The molecule has 0 aliphatic heterocycles. The molecule has 0 heterocycles. The molecule has 1 unspecified atom stereocenters. The lowest BCUT2D eigenvalue weighted by Gasteiger charge is -2.00. The van der Waals surface area contributed by atoms with Crippen LogP contribution in [0.25, 0.3) is 0 Å². The fourth-order valence-electron chi connectivity index (χ4n) is 0.722. The molecule has 0 radical (unpaired) electrons. The number of benzene rings is 1. The fourth-order valence-corrected chi connectivity index (χ4v) is 1.70. The maximum atomic E-state index is 11.4. The molecule has 1 nitrogen and oxygen atoms in total. The van der Waals surface area contributed by atoms with E-state index in [2.05, 4.69) is 21.8 Å². The van der Waals surface area contributed by atoms with Gasteiger partial charge in [-0.3, -0.25) is 4.21 Å². The molecule has 1 rings (SSSR count). The zero-order valence-electron chi connectivity index (χ0n) is 6.21. The summed E-state index contributed by atoms with van der Waals surface area (Å²) in [6.07, 6.45) is 1.64. The number of halogens is 1. The second kappa shape index (κ2) is 2.99. The van der Waals surface area contributed by atoms with Gasteiger partial charge in [-0.05, 0) is 39.7 Å². The van der Waals surface area contributed by atoms with E-state index >= 15 is 0 Å². The predicted molar refractivity (Wildman–Crippen MR) is 53.6 cm³/mol. The van der Waals surface area contributed by atoms with E-state index in [1.165, 1.54) is 0 Å². The molecule has 0 saturated heterocycles. The minimum absolute atomic E-state index is 0.792. The number of hydrogen-bond donors (Lipinski definition) is 0. The third-order valence-electron chi connectivity index (χ3n) is 1.31. The maximum absolute atomic E-state index is 11.4. The first-order chi connectivity index (χ1) is 5.00. The highest BCUT2D eigenvalue weighted by atomic mass is 79.9. The molecule has 1 aromatic carbocycles. The van der Waals surface area contributed by atoms with Gasteiger partial charge >= 0.3 is 0 Å². The van der Waals surface area contributed by atoms with Gasteiger partial charge in [-0.2, -0.15) is 0 Å². The van der Waals surface area contributed by atoms with Gasteiger partial charge in [-0.25, -0.2) is 0 Å². The maximum Gasteiger partial charge on any atom is 0.0303 e. The molecule has 0 saturated carbocycles. The molecule has 0 bridgehead atoms. The first kappa shape index (κ1) is 8.81. The van der Waals surface area contributed by atoms with Crippen LogP contribution in [0.15, 0.2) is 33.6 Å². The summed E-state index contributed by atoms with van der Waals surface area (Å²) in [7, 11) is -2.04. The van der Waals surface area contributed by atoms with E-state index in [0.717, 1.165) is 9.37 Å². The molecule has 0 aliphatic rings. The molecule has 0 spiro atoms. The second-order valence-corrected chi connectivity index (χ2v) is 5.86. The van der Waals surface area contributed by atoms with E-state index in [9.17, 15) is 4.21 Å². The van der Waals surface area contributed by atoms with Crippen molar-refractivity contribution in [2.75, 3.05) is 6.26 Å². The van der Waals surface area contributed by atoms with E-state index in [4.69, 9.17) is 0 Å². The summed E-state index contributed by atoms with van der Waals surface area (Å²) in [6, 6.07) is 7.37. The van der Waals surface area contributed by atoms with E-state index in [-0.39, 0.29) is 0 Å². The van der Waals surface area contributed by atoms with Gasteiger partial charge in [0.2, 0.25) is 0 Å². The van der Waals surface area contributed by atoms with Gasteiger partial charge < -0.3 is 0 Å². The Balaban J connectivity index is 3.20. The van der Waals surface area contributed by atoms with Gasteiger partial charge in [0.05, 0.1) is 0 Å². The minimum Gasteiger partial charge on any atom is -0.263 e. The normalized spacial score (nSPS) is 15.8. The lowest BCUT2D eigenvalue weighted by molar-refractivity contribution is 0.685. The van der Waals surface area contributed by atoms with Crippen molar-refractivity contribution in [1.82, 2.24) is 0 Å². The summed E-state index contributed by atoms with van der Waals surface area (Å²) < 4.78 is 12.4. The summed E-state index contributed by atoms with van der Waals surface area (Å²) in [5.41, 5.74) is 0. The third kappa shape index (κ3) is 2.34. The molecule has 0 aliphatic carbocycles. The Morgan fingerprint density at radius 2 is 1.82 bits per heavy atom. The van der Waals surface area contributed by atoms with Gasteiger partial charge in [0.1, 0.15) is 0 Å². The smallest absolute Gasteiger partial charge is 0.0303 e. The van der Waals surface area contributed by atoms with Crippen molar-refractivity contribution in [3.05, 3.63) is 28.7 Å². The van der Waals surface area contributed by atoms with Crippen LogP contribution in [-0.4, -0.2) is 16.3 Å². The van der Waals surface area contributed by atoms with Gasteiger partial charge in [0, 0.05) is 15.6 Å². The van der Waals surface area contributed by atoms with Crippen molar-refractivity contribution in [2.45, 2.75) is 4.90 Å². The number of hydrogen-bond acceptors (Lipinski definition) is 1. The Hall–Kier alpha value is -0.280. The Labute approximate surface area is 75.6 Å². The zero-order chi connectivity index (χ0) is 8.48. The van der Waals surface area contributed by atoms with Crippen LogP contribution in [0.5, 0.6) is 0 Å². The number of rotatable bonds is 1. The molecular weight excluding hydrogens is 224 g/mol. The average Bonchev–Trinajstić information content (AvgIpc) is 1.86. The van der Waals surface area contributed by atoms with Gasteiger partial charge in [0.15, 0.2) is 0 Å². The van der Waals surface area contributed by atoms with Gasteiger partial charge in [0.25, 0.3) is 0 Å². The summed E-state index contributed by atoms with van der Waals surface area (Å²) >= 11 is 3.30. The standard InChI is InChI=1S/C8H9BrOS/c1-11(2,10)8-5-3-7(9)4-6-8/h3-6H,1H2,2H3. The van der Waals surface area contributed by atoms with E-state index in [1.54, 1.807) is 6.26 Å². The van der Waals surface area contributed by atoms with Crippen molar-refractivity contribution in [3.8, 4) is 0 Å². The molecule has 0 N–H and O–H groups in total. The molecule has 1 aromatic rings. The molecule has 60 valence electrons. The van der Waals surface area contributed by atoms with Crippen molar-refractivity contribution >= 4 is 31.3 Å². The van der Waals surface area contributed by atoms with Crippen LogP contribution >= 0.6 is 15.9 Å². The summed E-state index contributed by atoms with van der Waals surface area (Å²) in [6.45, 7) is 0. The topological polar surface area (TPSA) is 17.1 Å². The highest BCUT2D eigenvalue weighted by Gasteiger charge is 1.98. The quantitative estimate of drug-likeness (QED) is 0.679. The lowest BCUT2D eigenvalue weighted by atomic mass is 10.4. The summed E-state index contributed by atoms with van der Waals surface area (Å²) in [5, 5.41) is 0. The van der Waals surface area contributed by atoms with Gasteiger partial charge in [-0.15, -0.1) is 0 Å². The van der Waals surface area contributed by atoms with Crippen molar-refractivity contribution in [2.24, 2.45) is 0 Å². The minimum atomic E-state index is -2.04. The first-order valence-electron chi connectivity index (χ1n) is 3.08. The third-order valence-corrected chi connectivity index (χ3v) is 3.11. The van der Waals surface area contributed by atoms with Crippen LogP contribution < -0.4 is 0 Å². The van der Waals surface area contributed by atoms with Crippen LogP contribution in [0.1, 0.15) is 0 Å². The summed E-state index contributed by atoms with van der Waals surface area (Å²) in [4.78, 5) is 0.792. The van der Waals surface area contributed by atoms with Crippen molar-refractivity contribution < 1.29 is 4.21 Å². The highest BCUT2D eigenvalue weighted by molar-refractivity contribution is 9.10. The molecule has 11 heavy (non-hydrogen) atoms. The monoisotopic (exact) mass is 232 g/mol. The molecule has 1 atom stereocenters. The van der Waals surface area contributed by atoms with E-state index < -0.39 is 9.52 Å². The van der Waals surface area contributed by atoms with Gasteiger partial charge in [-0.1, -0.05) is 15.9 Å². The first-order valence-corrected chi connectivity index (χ1v) is 6.01. The van der Waals surface area contributed by atoms with Crippen LogP contribution in [0.4, 0.5) is 0 Å². The zero-order valence-corrected chi connectivity index (χ0v) is 8.61. The van der Waals surface area contributed by atoms with Crippen molar-refractivity contribution in [1.29, 1.82) is 0 Å². The largest absolute Gasteiger partial charge is 0.263 e.